The summed E-state index contributed by atoms with van der Waals surface area (Å²) in [5, 5.41) is 15.5. The first-order valence-corrected chi connectivity index (χ1v) is 9.94. The van der Waals surface area contributed by atoms with Crippen molar-refractivity contribution in [2.75, 3.05) is 18.1 Å². The number of hydrogen-bond acceptors (Lipinski definition) is 8. The Balaban J connectivity index is 1.70. The molecule has 3 aromatic heterocycles. The summed E-state index contributed by atoms with van der Waals surface area (Å²) in [6.07, 6.45) is 3.43. The highest BCUT2D eigenvalue weighted by Crippen LogP contribution is 2.35. The Labute approximate surface area is 174 Å². The van der Waals surface area contributed by atoms with Gasteiger partial charge in [0.1, 0.15) is 16.2 Å². The van der Waals surface area contributed by atoms with E-state index in [1.807, 2.05) is 25.1 Å². The van der Waals surface area contributed by atoms with Crippen LogP contribution < -0.4 is 9.64 Å². The number of aromatic nitrogens is 3. The van der Waals surface area contributed by atoms with Crippen LogP contribution in [0.25, 0.3) is 10.2 Å². The largest absolute Gasteiger partial charge is 0.492 e. The molecule has 154 valence electrons. The fraction of sp³-hybridized carbons (Fsp3) is 0.211. The summed E-state index contributed by atoms with van der Waals surface area (Å²) >= 11 is 1.33. The predicted octanol–water partition coefficient (Wildman–Crippen LogP) is 3.74. The number of rotatable bonds is 8. The van der Waals surface area contributed by atoms with Gasteiger partial charge in [0.15, 0.2) is 10.9 Å². The van der Waals surface area contributed by atoms with Crippen molar-refractivity contribution in [3.05, 3.63) is 64.7 Å². The normalized spacial score (nSPS) is 11.0. The highest BCUT2D eigenvalue weighted by molar-refractivity contribution is 7.22. The number of furan rings is 1. The number of hydrogen-bond donors (Lipinski definition) is 0. The van der Waals surface area contributed by atoms with Crippen LogP contribution in [-0.2, 0) is 6.54 Å². The van der Waals surface area contributed by atoms with Crippen LogP contribution >= 0.6 is 11.3 Å². The SMILES string of the molecule is CCOc1cccc2sc(N(CCn3cccn3)C(=O)c3ccc([N+](=O)[O-])o3)nc12. The maximum absolute atomic E-state index is 13.1. The lowest BCUT2D eigenvalue weighted by molar-refractivity contribution is -0.402. The van der Waals surface area contributed by atoms with E-state index in [0.717, 1.165) is 10.8 Å². The Morgan fingerprint density at radius 1 is 1.33 bits per heavy atom. The molecule has 0 unspecified atom stereocenters. The molecule has 30 heavy (non-hydrogen) atoms. The topological polar surface area (TPSA) is 117 Å². The van der Waals surface area contributed by atoms with Gasteiger partial charge in [0.25, 0.3) is 5.91 Å². The molecular formula is C19H17N5O5S. The second kappa shape index (κ2) is 8.33. The van der Waals surface area contributed by atoms with Crippen LogP contribution in [-0.4, -0.2) is 38.7 Å². The molecule has 0 aliphatic carbocycles. The van der Waals surface area contributed by atoms with E-state index in [0.29, 0.717) is 29.5 Å². The zero-order valence-electron chi connectivity index (χ0n) is 15.9. The molecule has 0 spiro atoms. The van der Waals surface area contributed by atoms with Crippen molar-refractivity contribution in [1.29, 1.82) is 0 Å². The van der Waals surface area contributed by atoms with Crippen LogP contribution in [0.2, 0.25) is 0 Å². The lowest BCUT2D eigenvalue weighted by Crippen LogP contribution is -2.33. The minimum Gasteiger partial charge on any atom is -0.492 e. The Morgan fingerprint density at radius 3 is 2.90 bits per heavy atom. The molecule has 1 amide bonds. The van der Waals surface area contributed by atoms with E-state index in [1.54, 1.807) is 23.1 Å². The van der Waals surface area contributed by atoms with Gasteiger partial charge in [-0.3, -0.25) is 24.5 Å². The summed E-state index contributed by atoms with van der Waals surface area (Å²) in [4.78, 5) is 29.4. The maximum Gasteiger partial charge on any atom is 0.433 e. The Morgan fingerprint density at radius 2 is 2.20 bits per heavy atom. The number of nitrogens with zero attached hydrogens (tertiary/aromatic N) is 5. The van der Waals surface area contributed by atoms with Crippen molar-refractivity contribution in [2.45, 2.75) is 13.5 Å². The Hall–Kier alpha value is -3.73. The summed E-state index contributed by atoms with van der Waals surface area (Å²) in [6.45, 7) is 3.04. The minimum atomic E-state index is -0.684. The van der Waals surface area contributed by atoms with Crippen molar-refractivity contribution in [2.24, 2.45) is 0 Å². The lowest BCUT2D eigenvalue weighted by Gasteiger charge is -2.18. The molecule has 0 N–H and O–H groups in total. The van der Waals surface area contributed by atoms with Gasteiger partial charge in [-0.25, -0.2) is 4.98 Å². The van der Waals surface area contributed by atoms with Crippen LogP contribution in [0.3, 0.4) is 0 Å². The first-order chi connectivity index (χ1) is 14.6. The van der Waals surface area contributed by atoms with E-state index in [4.69, 9.17) is 9.15 Å². The number of anilines is 1. The van der Waals surface area contributed by atoms with E-state index in [2.05, 4.69) is 10.1 Å². The summed E-state index contributed by atoms with van der Waals surface area (Å²) < 4.78 is 13.3. The fourth-order valence-electron chi connectivity index (χ4n) is 2.89. The third kappa shape index (κ3) is 3.87. The molecule has 11 heteroatoms. The molecule has 4 rings (SSSR count). The van der Waals surface area contributed by atoms with Crippen molar-refractivity contribution >= 4 is 38.5 Å². The number of thiazole rings is 1. The minimum absolute atomic E-state index is 0.133. The third-order valence-electron chi connectivity index (χ3n) is 4.24. The van der Waals surface area contributed by atoms with E-state index in [1.165, 1.54) is 22.3 Å². The van der Waals surface area contributed by atoms with Crippen molar-refractivity contribution in [3.63, 3.8) is 0 Å². The molecular weight excluding hydrogens is 410 g/mol. The number of amides is 1. The second-order valence-electron chi connectivity index (χ2n) is 6.15. The standard InChI is InChI=1S/C19H17N5O5S/c1-2-28-13-5-3-6-15-17(13)21-19(30-15)23(12-11-22-10-4-9-20-22)18(25)14-7-8-16(29-14)24(26)27/h3-10H,2,11-12H2,1H3. The van der Waals surface area contributed by atoms with Crippen LogP contribution in [0.1, 0.15) is 17.5 Å². The van der Waals surface area contributed by atoms with Gasteiger partial charge < -0.3 is 9.15 Å². The molecule has 10 nitrogen and oxygen atoms in total. The maximum atomic E-state index is 13.1. The van der Waals surface area contributed by atoms with Crippen molar-refractivity contribution in [3.8, 4) is 5.75 Å². The van der Waals surface area contributed by atoms with E-state index >= 15 is 0 Å². The number of benzene rings is 1. The molecule has 0 aliphatic rings. The van der Waals surface area contributed by atoms with Gasteiger partial charge in [-0.05, 0) is 31.2 Å². The second-order valence-corrected chi connectivity index (χ2v) is 7.16. The summed E-state index contributed by atoms with van der Waals surface area (Å²) in [6, 6.07) is 9.81. The Kier molecular flexibility index (Phi) is 5.44. The number of carbonyl (C=O) groups excluding carboxylic acids is 1. The van der Waals surface area contributed by atoms with Gasteiger partial charge in [0.05, 0.1) is 23.9 Å². The van der Waals surface area contributed by atoms with Crippen LogP contribution in [0.15, 0.2) is 53.2 Å². The number of ether oxygens (including phenoxy) is 1. The zero-order chi connectivity index (χ0) is 21.1. The molecule has 0 radical (unpaired) electrons. The monoisotopic (exact) mass is 427 g/mol. The summed E-state index contributed by atoms with van der Waals surface area (Å²) in [5.41, 5.74) is 0.654. The third-order valence-corrected chi connectivity index (χ3v) is 5.28. The molecule has 0 bridgehead atoms. The van der Waals surface area contributed by atoms with Gasteiger partial charge in [-0.15, -0.1) is 0 Å². The summed E-state index contributed by atoms with van der Waals surface area (Å²) in [5.74, 6) is -0.516. The fourth-order valence-corrected chi connectivity index (χ4v) is 3.90. The molecule has 4 aromatic rings. The lowest BCUT2D eigenvalue weighted by atomic mass is 10.3. The van der Waals surface area contributed by atoms with Gasteiger partial charge in [-0.1, -0.05) is 17.4 Å². The van der Waals surface area contributed by atoms with Crippen molar-refractivity contribution in [1.82, 2.24) is 14.8 Å². The smallest absolute Gasteiger partial charge is 0.433 e. The zero-order valence-corrected chi connectivity index (χ0v) is 16.7. The van der Waals surface area contributed by atoms with Gasteiger partial charge in [0, 0.05) is 18.9 Å². The molecule has 0 atom stereocenters. The van der Waals surface area contributed by atoms with Crippen LogP contribution in [0, 0.1) is 10.1 Å². The predicted molar refractivity (Wildman–Crippen MR) is 110 cm³/mol. The first kappa shape index (κ1) is 19.6. The van der Waals surface area contributed by atoms with Crippen LogP contribution in [0.4, 0.5) is 11.0 Å². The van der Waals surface area contributed by atoms with Gasteiger partial charge in [0.2, 0.25) is 0 Å². The quantitative estimate of drug-likeness (QED) is 0.311. The van der Waals surface area contributed by atoms with Crippen molar-refractivity contribution < 1.29 is 18.9 Å². The number of carbonyl (C=O) groups is 1. The average molecular weight is 427 g/mol. The van der Waals surface area contributed by atoms with E-state index in [9.17, 15) is 14.9 Å². The molecule has 0 fully saturated rings. The van der Waals surface area contributed by atoms with Gasteiger partial charge >= 0.3 is 5.88 Å². The number of fused-ring (bicyclic) bond motifs is 1. The summed E-state index contributed by atoms with van der Waals surface area (Å²) in [7, 11) is 0. The number of para-hydroxylation sites is 1. The molecule has 0 aliphatic heterocycles. The number of nitro groups is 1. The molecule has 1 aromatic carbocycles. The Bertz CT molecular complexity index is 1180. The average Bonchev–Trinajstić information content (AvgIpc) is 3.48. The van der Waals surface area contributed by atoms with E-state index in [-0.39, 0.29) is 12.3 Å². The molecule has 3 heterocycles. The van der Waals surface area contributed by atoms with Crippen LogP contribution in [0.5, 0.6) is 5.75 Å². The first-order valence-electron chi connectivity index (χ1n) is 9.12. The highest BCUT2D eigenvalue weighted by atomic mass is 32.1. The van der Waals surface area contributed by atoms with Gasteiger partial charge in [-0.2, -0.15) is 5.10 Å². The highest BCUT2D eigenvalue weighted by Gasteiger charge is 2.26. The molecule has 0 saturated carbocycles. The molecule has 0 saturated heterocycles. The van der Waals surface area contributed by atoms with E-state index < -0.39 is 16.7 Å².